The van der Waals surface area contributed by atoms with Crippen molar-refractivity contribution in [2.24, 2.45) is 0 Å². The molecule has 6 heteroatoms. The Hall–Kier alpha value is -0.644. The smallest absolute Gasteiger partial charge is 0.340 e. The summed E-state index contributed by atoms with van der Waals surface area (Å²) in [5, 5.41) is 8.61. The summed E-state index contributed by atoms with van der Waals surface area (Å²) < 4.78 is 4.36. The summed E-state index contributed by atoms with van der Waals surface area (Å²) in [5.41, 5.74) is 0.280. The van der Waals surface area contributed by atoms with Crippen LogP contribution in [0.4, 0.5) is 0 Å². The van der Waals surface area contributed by atoms with E-state index in [-0.39, 0.29) is 34.2 Å². The Balaban J connectivity index is 0.00000169. The first-order chi connectivity index (χ1) is 6.15. The van der Waals surface area contributed by atoms with Gasteiger partial charge in [-0.3, -0.25) is 0 Å². The van der Waals surface area contributed by atoms with Crippen molar-refractivity contribution in [2.75, 3.05) is 0 Å². The van der Waals surface area contributed by atoms with Crippen molar-refractivity contribution in [1.29, 1.82) is 0 Å². The number of carboxylic acid groups (broad SMARTS) is 1. The van der Waals surface area contributed by atoms with E-state index in [2.05, 4.69) is 4.52 Å². The molecule has 14 heavy (non-hydrogen) atoms. The van der Waals surface area contributed by atoms with E-state index in [4.69, 9.17) is 5.11 Å². The third-order valence-corrected chi connectivity index (χ3v) is 1.67. The molecule has 0 fully saturated rings. The van der Waals surface area contributed by atoms with E-state index in [0.29, 0.717) is 0 Å². The third-order valence-electron chi connectivity index (χ3n) is 1.45. The molecule has 1 aromatic rings. The van der Waals surface area contributed by atoms with Gasteiger partial charge < -0.3 is 9.63 Å². The van der Waals surface area contributed by atoms with Crippen molar-refractivity contribution in [1.82, 2.24) is 0 Å². The second-order valence-electron chi connectivity index (χ2n) is 2.29. The number of benzene rings is 1. The van der Waals surface area contributed by atoms with Crippen LogP contribution in [0.2, 0.25) is 0 Å². The maximum Gasteiger partial charge on any atom is 0.340 e. The SMILES string of the molecule is O=C(O)c1cccc(C(=O)OP)c1.[MgH2]. The molecule has 0 amide bonds. The highest BCUT2D eigenvalue weighted by atomic mass is 31.0. The maximum atomic E-state index is 11.0. The van der Waals surface area contributed by atoms with Crippen molar-refractivity contribution in [2.45, 2.75) is 0 Å². The normalized spacial score (nSPS) is 8.64. The van der Waals surface area contributed by atoms with Gasteiger partial charge in [0.25, 0.3) is 0 Å². The average Bonchev–Trinajstić information content (AvgIpc) is 2.17. The van der Waals surface area contributed by atoms with Gasteiger partial charge in [-0.05, 0) is 18.2 Å². The molecule has 0 heterocycles. The first-order valence-electron chi connectivity index (χ1n) is 3.39. The van der Waals surface area contributed by atoms with Crippen LogP contribution >= 0.6 is 9.47 Å². The largest absolute Gasteiger partial charge is 0.478 e. The molecule has 0 radical (unpaired) electrons. The summed E-state index contributed by atoms with van der Waals surface area (Å²) >= 11 is 0. The van der Waals surface area contributed by atoms with Crippen molar-refractivity contribution in [3.05, 3.63) is 35.4 Å². The lowest BCUT2D eigenvalue weighted by molar-refractivity contribution is 0.0697. The minimum absolute atomic E-state index is 0. The maximum absolute atomic E-state index is 11.0. The molecule has 0 bridgehead atoms. The van der Waals surface area contributed by atoms with Crippen molar-refractivity contribution < 1.29 is 19.2 Å². The molecule has 1 rings (SSSR count). The molecule has 0 spiro atoms. The highest BCUT2D eigenvalue weighted by molar-refractivity contribution is 7.10. The second-order valence-corrected chi connectivity index (χ2v) is 2.53. The van der Waals surface area contributed by atoms with Gasteiger partial charge in [0.15, 0.2) is 0 Å². The van der Waals surface area contributed by atoms with E-state index in [1.807, 2.05) is 9.47 Å². The molecule has 0 aliphatic rings. The summed E-state index contributed by atoms with van der Waals surface area (Å²) in [5.74, 6) is -1.65. The van der Waals surface area contributed by atoms with Gasteiger partial charge in [0.2, 0.25) is 0 Å². The molecular weight excluding hydrogens is 215 g/mol. The molecule has 1 N–H and O–H groups in total. The molecule has 0 saturated heterocycles. The number of hydrogen-bond donors (Lipinski definition) is 1. The third kappa shape index (κ3) is 3.25. The molecule has 1 unspecified atom stereocenters. The Morgan fingerprint density at radius 3 is 2.36 bits per heavy atom. The predicted octanol–water partition coefficient (Wildman–Crippen LogP) is 0.415. The van der Waals surface area contributed by atoms with Crippen LogP contribution in [0.25, 0.3) is 0 Å². The zero-order chi connectivity index (χ0) is 9.84. The monoisotopic (exact) mass is 224 g/mol. The van der Waals surface area contributed by atoms with Gasteiger partial charge in [-0.1, -0.05) is 6.07 Å². The van der Waals surface area contributed by atoms with Crippen molar-refractivity contribution in [3.8, 4) is 0 Å². The molecule has 0 saturated carbocycles. The molecular formula is C8H9MgO4P. The standard InChI is InChI=1S/C8H7O4P.Mg.2H/c9-7(10)5-2-1-3-6(4-5)8(11)12-13;;;/h1-4H,13H2,(H,9,10);;;. The molecule has 0 aliphatic carbocycles. The van der Waals surface area contributed by atoms with Crippen LogP contribution < -0.4 is 0 Å². The van der Waals surface area contributed by atoms with E-state index in [1.54, 1.807) is 0 Å². The number of aromatic carboxylic acids is 1. The predicted molar refractivity (Wildman–Crippen MR) is 57.1 cm³/mol. The number of carboxylic acids is 1. The van der Waals surface area contributed by atoms with Gasteiger partial charge in [-0.25, -0.2) is 9.59 Å². The first kappa shape index (κ1) is 13.4. The Morgan fingerprint density at radius 1 is 1.29 bits per heavy atom. The topological polar surface area (TPSA) is 63.6 Å². The summed E-state index contributed by atoms with van der Waals surface area (Å²) in [6, 6.07) is 5.63. The fourth-order valence-electron chi connectivity index (χ4n) is 0.847. The number of hydrogen-bond acceptors (Lipinski definition) is 3. The lowest BCUT2D eigenvalue weighted by atomic mass is 10.1. The van der Waals surface area contributed by atoms with Crippen molar-refractivity contribution in [3.63, 3.8) is 0 Å². The zero-order valence-electron chi connectivity index (χ0n) is 6.56. The van der Waals surface area contributed by atoms with Crippen LogP contribution in [-0.2, 0) is 4.52 Å². The summed E-state index contributed by atoms with van der Waals surface area (Å²) in [6.07, 6.45) is 0. The summed E-state index contributed by atoms with van der Waals surface area (Å²) in [7, 11) is 1.81. The minimum Gasteiger partial charge on any atom is -0.478 e. The minimum atomic E-state index is -1.07. The fourth-order valence-corrected chi connectivity index (χ4v) is 0.983. The molecule has 0 aromatic heterocycles. The van der Waals surface area contributed by atoms with Crippen molar-refractivity contribution >= 4 is 44.5 Å². The summed E-state index contributed by atoms with van der Waals surface area (Å²) in [6.45, 7) is 0. The molecule has 0 aliphatic heterocycles. The van der Waals surface area contributed by atoms with Crippen LogP contribution in [0.15, 0.2) is 24.3 Å². The first-order valence-corrected chi connectivity index (χ1v) is 3.86. The molecule has 72 valence electrons. The van der Waals surface area contributed by atoms with Gasteiger partial charge in [0.05, 0.1) is 20.6 Å². The highest BCUT2D eigenvalue weighted by Crippen LogP contribution is 2.08. The van der Waals surface area contributed by atoms with Gasteiger partial charge >= 0.3 is 35.0 Å². The second kappa shape index (κ2) is 5.96. The Bertz CT molecular complexity index is 353. The van der Waals surface area contributed by atoms with Crippen LogP contribution in [0, 0.1) is 0 Å². The van der Waals surface area contributed by atoms with E-state index in [1.165, 1.54) is 24.3 Å². The number of rotatable bonds is 2. The van der Waals surface area contributed by atoms with Crippen LogP contribution in [0.3, 0.4) is 0 Å². The van der Waals surface area contributed by atoms with E-state index in [0.717, 1.165) is 0 Å². The number of carbonyl (C=O) groups excluding carboxylic acids is 1. The van der Waals surface area contributed by atoms with E-state index in [9.17, 15) is 9.59 Å². The lowest BCUT2D eigenvalue weighted by Gasteiger charge is -1.99. The Labute approximate surface area is 99.1 Å². The lowest BCUT2D eigenvalue weighted by Crippen LogP contribution is -2.01. The summed E-state index contributed by atoms with van der Waals surface area (Å²) in [4.78, 5) is 21.5. The molecule has 4 nitrogen and oxygen atoms in total. The molecule has 1 aromatic carbocycles. The van der Waals surface area contributed by atoms with E-state index < -0.39 is 11.9 Å². The van der Waals surface area contributed by atoms with Gasteiger partial charge in [0, 0.05) is 0 Å². The van der Waals surface area contributed by atoms with Crippen LogP contribution in [0.1, 0.15) is 20.7 Å². The Morgan fingerprint density at radius 2 is 1.86 bits per heavy atom. The molecule has 1 atom stereocenters. The van der Waals surface area contributed by atoms with Gasteiger partial charge in [0.1, 0.15) is 0 Å². The van der Waals surface area contributed by atoms with Gasteiger partial charge in [-0.15, -0.1) is 0 Å². The highest BCUT2D eigenvalue weighted by Gasteiger charge is 2.08. The van der Waals surface area contributed by atoms with Crippen LogP contribution in [0.5, 0.6) is 0 Å². The fraction of sp³-hybridized carbons (Fsp3) is 0. The quantitative estimate of drug-likeness (QED) is 0.584. The van der Waals surface area contributed by atoms with Gasteiger partial charge in [-0.2, -0.15) is 0 Å². The number of carbonyl (C=O) groups is 2. The average molecular weight is 224 g/mol. The van der Waals surface area contributed by atoms with E-state index >= 15 is 0 Å². The zero-order valence-corrected chi connectivity index (χ0v) is 7.71. The Kier molecular flexibility index (Phi) is 5.68. The van der Waals surface area contributed by atoms with Crippen LogP contribution in [-0.4, -0.2) is 40.1 Å².